The number of hydrogen-bond donors (Lipinski definition) is 2. The summed E-state index contributed by atoms with van der Waals surface area (Å²) in [7, 11) is 3.82. The second kappa shape index (κ2) is 5.77. The molecule has 0 spiro atoms. The van der Waals surface area contributed by atoms with E-state index in [-0.39, 0.29) is 11.9 Å². The van der Waals surface area contributed by atoms with Crippen molar-refractivity contribution in [2.75, 3.05) is 19.0 Å². The van der Waals surface area contributed by atoms with Gasteiger partial charge in [-0.2, -0.15) is 0 Å². The number of carboxylic acid groups (broad SMARTS) is 1. The minimum atomic E-state index is -0.854. The Kier molecular flexibility index (Phi) is 4.08. The van der Waals surface area contributed by atoms with E-state index in [0.29, 0.717) is 12.0 Å². The molecule has 0 radical (unpaired) electrons. The summed E-state index contributed by atoms with van der Waals surface area (Å²) in [5.41, 5.74) is 1.52. The molecule has 2 atom stereocenters. The Balaban J connectivity index is 2.01. The largest absolute Gasteiger partial charge is 0.481 e. The Labute approximate surface area is 117 Å². The highest BCUT2D eigenvalue weighted by Gasteiger charge is 2.25. The quantitative estimate of drug-likeness (QED) is 0.817. The molecule has 1 aliphatic rings. The molecule has 0 fully saturated rings. The fourth-order valence-corrected chi connectivity index (χ4v) is 2.17. The van der Waals surface area contributed by atoms with Crippen LogP contribution in [0.25, 0.3) is 0 Å². The van der Waals surface area contributed by atoms with Crippen molar-refractivity contribution in [1.29, 1.82) is 0 Å². The van der Waals surface area contributed by atoms with Gasteiger partial charge in [0.15, 0.2) is 0 Å². The maximum Gasteiger partial charge on any atom is 0.310 e. The number of carbonyl (C=O) groups is 2. The van der Waals surface area contributed by atoms with E-state index in [9.17, 15) is 9.59 Å². The van der Waals surface area contributed by atoms with Gasteiger partial charge in [-0.3, -0.25) is 9.59 Å². The van der Waals surface area contributed by atoms with Crippen molar-refractivity contribution < 1.29 is 14.7 Å². The maximum atomic E-state index is 12.1. The molecule has 0 bridgehead atoms. The van der Waals surface area contributed by atoms with Crippen LogP contribution in [-0.2, 0) is 4.79 Å². The minimum absolute atomic E-state index is 0.186. The molecule has 1 aromatic carbocycles. The van der Waals surface area contributed by atoms with Gasteiger partial charge in [0.2, 0.25) is 0 Å². The number of nitrogens with zero attached hydrogens (tertiary/aromatic N) is 1. The zero-order valence-electron chi connectivity index (χ0n) is 11.5. The first-order valence-electron chi connectivity index (χ1n) is 6.47. The van der Waals surface area contributed by atoms with Gasteiger partial charge in [-0.1, -0.05) is 18.2 Å². The van der Waals surface area contributed by atoms with E-state index in [1.807, 2.05) is 37.2 Å². The highest BCUT2D eigenvalue weighted by molar-refractivity contribution is 5.95. The van der Waals surface area contributed by atoms with Gasteiger partial charge < -0.3 is 15.3 Å². The smallest absolute Gasteiger partial charge is 0.310 e. The number of carboxylic acids is 1. The van der Waals surface area contributed by atoms with Crippen molar-refractivity contribution in [3.05, 3.63) is 42.0 Å². The second-order valence-corrected chi connectivity index (χ2v) is 5.09. The van der Waals surface area contributed by atoms with Crippen LogP contribution in [0.5, 0.6) is 0 Å². The van der Waals surface area contributed by atoms with Crippen molar-refractivity contribution in [2.45, 2.75) is 12.5 Å². The van der Waals surface area contributed by atoms with Gasteiger partial charge in [0.1, 0.15) is 0 Å². The third-order valence-electron chi connectivity index (χ3n) is 3.34. The molecule has 0 aliphatic heterocycles. The van der Waals surface area contributed by atoms with E-state index < -0.39 is 11.9 Å². The topological polar surface area (TPSA) is 69.6 Å². The van der Waals surface area contributed by atoms with Crippen molar-refractivity contribution in [2.24, 2.45) is 5.92 Å². The highest BCUT2D eigenvalue weighted by Crippen LogP contribution is 2.19. The molecule has 0 saturated carbocycles. The summed E-state index contributed by atoms with van der Waals surface area (Å²) in [5, 5.41) is 11.7. The second-order valence-electron chi connectivity index (χ2n) is 5.09. The molecule has 2 rings (SSSR count). The van der Waals surface area contributed by atoms with Crippen LogP contribution in [0.3, 0.4) is 0 Å². The van der Waals surface area contributed by atoms with Crippen LogP contribution >= 0.6 is 0 Å². The van der Waals surface area contributed by atoms with Crippen LogP contribution in [-0.4, -0.2) is 37.1 Å². The Hall–Kier alpha value is -2.30. The number of aliphatic carboxylic acids is 1. The highest BCUT2D eigenvalue weighted by atomic mass is 16.4. The standard InChI is InChI=1S/C15H18N2O3/c1-17(2)13-5-3-4-10(9-13)14(18)16-12-7-6-11(8-12)15(19)20/h3-7,9,11-12H,8H2,1-2H3,(H,16,18)(H,19,20). The summed E-state index contributed by atoms with van der Waals surface area (Å²) in [6, 6.07) is 7.09. The lowest BCUT2D eigenvalue weighted by atomic mass is 10.1. The number of carbonyl (C=O) groups excluding carboxylic acids is 1. The number of rotatable bonds is 4. The third kappa shape index (κ3) is 3.17. The van der Waals surface area contributed by atoms with Crippen LogP contribution in [0.1, 0.15) is 16.8 Å². The lowest BCUT2D eigenvalue weighted by Crippen LogP contribution is -2.33. The average molecular weight is 274 g/mol. The van der Waals surface area contributed by atoms with E-state index in [2.05, 4.69) is 5.32 Å². The molecule has 1 aliphatic carbocycles. The van der Waals surface area contributed by atoms with E-state index in [1.165, 1.54) is 0 Å². The van der Waals surface area contributed by atoms with E-state index in [4.69, 9.17) is 5.11 Å². The molecule has 106 valence electrons. The summed E-state index contributed by atoms with van der Waals surface area (Å²) in [6.07, 6.45) is 3.78. The number of anilines is 1. The molecule has 0 heterocycles. The predicted octanol–water partition coefficient (Wildman–Crippen LogP) is 1.51. The van der Waals surface area contributed by atoms with Gasteiger partial charge in [-0.15, -0.1) is 0 Å². The lowest BCUT2D eigenvalue weighted by molar-refractivity contribution is -0.140. The summed E-state index contributed by atoms with van der Waals surface area (Å²) < 4.78 is 0. The van der Waals surface area contributed by atoms with Gasteiger partial charge in [0.25, 0.3) is 5.91 Å². The molecule has 0 saturated heterocycles. The SMILES string of the molecule is CN(C)c1cccc(C(=O)NC2C=CC(C(=O)O)C2)c1. The Morgan fingerprint density at radius 1 is 1.30 bits per heavy atom. The van der Waals surface area contributed by atoms with Gasteiger partial charge in [0.05, 0.1) is 5.92 Å². The van der Waals surface area contributed by atoms with Crippen LogP contribution in [0.2, 0.25) is 0 Å². The maximum absolute atomic E-state index is 12.1. The number of benzene rings is 1. The fraction of sp³-hybridized carbons (Fsp3) is 0.333. The lowest BCUT2D eigenvalue weighted by Gasteiger charge is -2.15. The molecule has 2 unspecified atom stereocenters. The van der Waals surface area contributed by atoms with Crippen LogP contribution in [0, 0.1) is 5.92 Å². The normalized spacial score (nSPS) is 20.7. The molecular formula is C15H18N2O3. The molecule has 0 aromatic heterocycles. The van der Waals surface area contributed by atoms with Crippen molar-refractivity contribution in [3.8, 4) is 0 Å². The predicted molar refractivity (Wildman–Crippen MR) is 76.9 cm³/mol. The van der Waals surface area contributed by atoms with Crippen molar-refractivity contribution >= 4 is 17.6 Å². The number of amides is 1. The summed E-state index contributed by atoms with van der Waals surface area (Å²) in [6.45, 7) is 0. The molecule has 1 amide bonds. The number of hydrogen-bond acceptors (Lipinski definition) is 3. The first-order chi connectivity index (χ1) is 9.47. The Morgan fingerprint density at radius 2 is 2.05 bits per heavy atom. The average Bonchev–Trinajstić information content (AvgIpc) is 2.87. The van der Waals surface area contributed by atoms with Gasteiger partial charge in [-0.25, -0.2) is 0 Å². The zero-order valence-corrected chi connectivity index (χ0v) is 11.5. The molecule has 20 heavy (non-hydrogen) atoms. The molecule has 2 N–H and O–H groups in total. The van der Waals surface area contributed by atoms with E-state index in [1.54, 1.807) is 18.2 Å². The van der Waals surface area contributed by atoms with Crippen molar-refractivity contribution in [3.63, 3.8) is 0 Å². The Morgan fingerprint density at radius 3 is 2.65 bits per heavy atom. The third-order valence-corrected chi connectivity index (χ3v) is 3.34. The minimum Gasteiger partial charge on any atom is -0.481 e. The monoisotopic (exact) mass is 274 g/mol. The molecule has 1 aromatic rings. The van der Waals surface area contributed by atoms with Gasteiger partial charge in [-0.05, 0) is 24.6 Å². The number of nitrogens with one attached hydrogen (secondary N) is 1. The molecular weight excluding hydrogens is 256 g/mol. The summed E-state index contributed by atoms with van der Waals surface area (Å²) in [4.78, 5) is 24.9. The van der Waals surface area contributed by atoms with Crippen LogP contribution < -0.4 is 10.2 Å². The van der Waals surface area contributed by atoms with E-state index >= 15 is 0 Å². The van der Waals surface area contributed by atoms with Crippen molar-refractivity contribution in [1.82, 2.24) is 5.32 Å². The van der Waals surface area contributed by atoms with E-state index in [0.717, 1.165) is 5.69 Å². The molecule has 5 heteroatoms. The van der Waals surface area contributed by atoms with Gasteiger partial charge >= 0.3 is 5.97 Å². The van der Waals surface area contributed by atoms with Crippen LogP contribution in [0.15, 0.2) is 36.4 Å². The summed E-state index contributed by atoms with van der Waals surface area (Å²) in [5.74, 6) is -1.55. The molecule has 5 nitrogen and oxygen atoms in total. The first kappa shape index (κ1) is 14.1. The fourth-order valence-electron chi connectivity index (χ4n) is 2.17. The zero-order chi connectivity index (χ0) is 14.7. The van der Waals surface area contributed by atoms with Crippen LogP contribution in [0.4, 0.5) is 5.69 Å². The Bertz CT molecular complexity index is 552. The van der Waals surface area contributed by atoms with Gasteiger partial charge in [0, 0.05) is 31.4 Å². The first-order valence-corrected chi connectivity index (χ1v) is 6.47. The summed E-state index contributed by atoms with van der Waals surface area (Å²) >= 11 is 0.